The number of hydrogen-bond donors (Lipinski definition) is 1. The van der Waals surface area contributed by atoms with Gasteiger partial charge in [0.1, 0.15) is 5.75 Å². The number of likely N-dealkylation sites (N-methyl/N-ethyl adjacent to an activating group) is 1. The van der Waals surface area contributed by atoms with Crippen LogP contribution >= 0.6 is 0 Å². The van der Waals surface area contributed by atoms with E-state index in [-0.39, 0.29) is 6.04 Å². The molecule has 0 saturated heterocycles. The molecule has 4 heteroatoms. The molecular weight excluding hydrogens is 300 g/mol. The first-order valence-corrected chi connectivity index (χ1v) is 8.67. The van der Waals surface area contributed by atoms with E-state index in [1.165, 1.54) is 5.56 Å². The summed E-state index contributed by atoms with van der Waals surface area (Å²) < 4.78 is 11.6. The molecule has 0 fully saturated rings. The Balaban J connectivity index is 2.15. The van der Waals surface area contributed by atoms with Crippen molar-refractivity contribution in [2.24, 2.45) is 5.73 Å². The minimum absolute atomic E-state index is 0.241. The van der Waals surface area contributed by atoms with Crippen LogP contribution in [0.4, 0.5) is 0 Å². The second kappa shape index (κ2) is 9.30. The van der Waals surface area contributed by atoms with Crippen LogP contribution in [0.1, 0.15) is 32.4 Å². The van der Waals surface area contributed by atoms with Crippen LogP contribution in [0.25, 0.3) is 0 Å². The Morgan fingerprint density at radius 3 is 2.08 bits per heavy atom. The van der Waals surface area contributed by atoms with E-state index in [9.17, 15) is 0 Å². The van der Waals surface area contributed by atoms with Gasteiger partial charge >= 0.3 is 0 Å². The van der Waals surface area contributed by atoms with Crippen LogP contribution in [0, 0.1) is 0 Å². The molecule has 130 valence electrons. The first kappa shape index (κ1) is 18.3. The van der Waals surface area contributed by atoms with Gasteiger partial charge < -0.3 is 15.2 Å². The summed E-state index contributed by atoms with van der Waals surface area (Å²) in [7, 11) is 0. The second-order valence-electron chi connectivity index (χ2n) is 5.52. The van der Waals surface area contributed by atoms with E-state index in [4.69, 9.17) is 15.2 Å². The Morgan fingerprint density at radius 1 is 0.917 bits per heavy atom. The predicted octanol–water partition coefficient (Wildman–Crippen LogP) is 4.22. The largest absolute Gasteiger partial charge is 0.490 e. The van der Waals surface area contributed by atoms with Gasteiger partial charge in [-0.15, -0.1) is 0 Å². The molecule has 0 saturated carbocycles. The van der Waals surface area contributed by atoms with Crippen molar-refractivity contribution >= 4 is 0 Å². The highest BCUT2D eigenvalue weighted by Gasteiger charge is 2.16. The van der Waals surface area contributed by atoms with Gasteiger partial charge in [0.25, 0.3) is 0 Å². The van der Waals surface area contributed by atoms with Gasteiger partial charge in [0.15, 0.2) is 11.5 Å². The molecule has 2 N–H and O–H groups in total. The van der Waals surface area contributed by atoms with Gasteiger partial charge in [0.2, 0.25) is 0 Å². The van der Waals surface area contributed by atoms with Gasteiger partial charge in [-0.05, 0) is 49.8 Å². The summed E-state index contributed by atoms with van der Waals surface area (Å²) in [6.07, 6.45) is 0. The summed E-state index contributed by atoms with van der Waals surface area (Å²) in [5.74, 6) is 2.28. The van der Waals surface area contributed by atoms with E-state index < -0.39 is 0 Å². The normalized spacial score (nSPS) is 12.2. The SMILES string of the molecule is CCOc1ccccc1Oc1ccc(C(CN)N(CC)CC)cc1. The predicted molar refractivity (Wildman–Crippen MR) is 98.8 cm³/mol. The Morgan fingerprint density at radius 2 is 1.54 bits per heavy atom. The molecule has 2 aromatic carbocycles. The highest BCUT2D eigenvalue weighted by molar-refractivity contribution is 5.43. The van der Waals surface area contributed by atoms with Crippen LogP contribution in [0.3, 0.4) is 0 Å². The van der Waals surface area contributed by atoms with Gasteiger partial charge in [-0.3, -0.25) is 4.90 Å². The molecule has 0 aliphatic carbocycles. The number of benzene rings is 2. The maximum Gasteiger partial charge on any atom is 0.169 e. The van der Waals surface area contributed by atoms with Crippen LogP contribution in [0.2, 0.25) is 0 Å². The number of rotatable bonds is 9. The molecule has 1 unspecified atom stereocenters. The van der Waals surface area contributed by atoms with Gasteiger partial charge in [-0.25, -0.2) is 0 Å². The quantitative estimate of drug-likeness (QED) is 0.749. The third-order valence-corrected chi connectivity index (χ3v) is 4.12. The molecule has 0 amide bonds. The molecule has 0 aliphatic rings. The van der Waals surface area contributed by atoms with Gasteiger partial charge in [-0.1, -0.05) is 38.1 Å². The zero-order chi connectivity index (χ0) is 17.4. The van der Waals surface area contributed by atoms with E-state index in [2.05, 4.69) is 30.9 Å². The maximum absolute atomic E-state index is 5.98. The maximum atomic E-state index is 5.98. The molecule has 1 atom stereocenters. The third kappa shape index (κ3) is 4.49. The molecule has 0 aliphatic heterocycles. The Kier molecular flexibility index (Phi) is 7.09. The molecule has 0 bridgehead atoms. The van der Waals surface area contributed by atoms with Crippen LogP contribution in [-0.4, -0.2) is 31.1 Å². The topological polar surface area (TPSA) is 47.7 Å². The third-order valence-electron chi connectivity index (χ3n) is 4.12. The van der Waals surface area contributed by atoms with Crippen LogP contribution in [-0.2, 0) is 0 Å². The Hall–Kier alpha value is -2.04. The second-order valence-corrected chi connectivity index (χ2v) is 5.52. The van der Waals surface area contributed by atoms with Crippen LogP contribution in [0.5, 0.6) is 17.2 Å². The fourth-order valence-electron chi connectivity index (χ4n) is 2.85. The lowest BCUT2D eigenvalue weighted by molar-refractivity contribution is 0.224. The molecule has 2 rings (SSSR count). The van der Waals surface area contributed by atoms with Crippen LogP contribution in [0.15, 0.2) is 48.5 Å². The van der Waals surface area contributed by atoms with E-state index in [1.54, 1.807) is 0 Å². The van der Waals surface area contributed by atoms with Crippen molar-refractivity contribution in [1.82, 2.24) is 4.90 Å². The number of hydrogen-bond acceptors (Lipinski definition) is 4. The highest BCUT2D eigenvalue weighted by atomic mass is 16.5. The van der Waals surface area contributed by atoms with Gasteiger partial charge in [0.05, 0.1) is 6.61 Å². The molecule has 0 radical (unpaired) electrons. The average Bonchev–Trinajstić information content (AvgIpc) is 2.62. The summed E-state index contributed by atoms with van der Waals surface area (Å²) in [5, 5.41) is 0. The average molecular weight is 328 g/mol. The molecule has 0 spiro atoms. The van der Waals surface area contributed by atoms with Gasteiger partial charge in [-0.2, -0.15) is 0 Å². The molecule has 0 aromatic heterocycles. The lowest BCUT2D eigenvalue weighted by Gasteiger charge is -2.29. The molecule has 4 nitrogen and oxygen atoms in total. The Labute approximate surface area is 145 Å². The number of para-hydroxylation sites is 2. The minimum Gasteiger partial charge on any atom is -0.490 e. The van der Waals surface area contributed by atoms with E-state index >= 15 is 0 Å². The van der Waals surface area contributed by atoms with Crippen molar-refractivity contribution in [2.75, 3.05) is 26.2 Å². The summed E-state index contributed by atoms with van der Waals surface area (Å²) in [6.45, 7) is 9.47. The lowest BCUT2D eigenvalue weighted by atomic mass is 10.1. The van der Waals surface area contributed by atoms with Crippen molar-refractivity contribution in [3.05, 3.63) is 54.1 Å². The van der Waals surface area contributed by atoms with Crippen molar-refractivity contribution in [3.8, 4) is 17.2 Å². The zero-order valence-electron chi connectivity index (χ0n) is 14.9. The van der Waals surface area contributed by atoms with Crippen molar-refractivity contribution in [2.45, 2.75) is 26.8 Å². The van der Waals surface area contributed by atoms with E-state index in [0.717, 1.165) is 30.3 Å². The minimum atomic E-state index is 0.241. The van der Waals surface area contributed by atoms with Crippen molar-refractivity contribution in [1.29, 1.82) is 0 Å². The van der Waals surface area contributed by atoms with E-state index in [1.807, 2.05) is 43.3 Å². The number of ether oxygens (including phenoxy) is 2. The summed E-state index contributed by atoms with van der Waals surface area (Å²) in [4.78, 5) is 2.36. The number of nitrogens with two attached hydrogens (primary N) is 1. The first-order valence-electron chi connectivity index (χ1n) is 8.67. The molecule has 2 aromatic rings. The smallest absolute Gasteiger partial charge is 0.169 e. The summed E-state index contributed by atoms with van der Waals surface area (Å²) in [5.41, 5.74) is 7.20. The molecule has 24 heavy (non-hydrogen) atoms. The monoisotopic (exact) mass is 328 g/mol. The Bertz CT molecular complexity index is 609. The molecule has 0 heterocycles. The van der Waals surface area contributed by atoms with Crippen LogP contribution < -0.4 is 15.2 Å². The lowest BCUT2D eigenvalue weighted by Crippen LogP contribution is -2.33. The van der Waals surface area contributed by atoms with Gasteiger partial charge in [0, 0.05) is 12.6 Å². The highest BCUT2D eigenvalue weighted by Crippen LogP contribution is 2.32. The fourth-order valence-corrected chi connectivity index (χ4v) is 2.85. The number of nitrogens with zero attached hydrogens (tertiary/aromatic N) is 1. The standard InChI is InChI=1S/C20H28N2O2/c1-4-22(5-2)18(15-21)16-11-13-17(14-12-16)24-20-10-8-7-9-19(20)23-6-3/h7-14,18H,4-6,15,21H2,1-3H3. The van der Waals surface area contributed by atoms with Crippen molar-refractivity contribution < 1.29 is 9.47 Å². The summed E-state index contributed by atoms with van der Waals surface area (Å²) >= 11 is 0. The zero-order valence-corrected chi connectivity index (χ0v) is 14.9. The van der Waals surface area contributed by atoms with E-state index in [0.29, 0.717) is 13.2 Å². The molecular formula is C20H28N2O2. The summed E-state index contributed by atoms with van der Waals surface area (Å²) in [6, 6.07) is 16.1. The fraction of sp³-hybridized carbons (Fsp3) is 0.400. The van der Waals surface area contributed by atoms with Crippen molar-refractivity contribution in [3.63, 3.8) is 0 Å². The first-order chi connectivity index (χ1) is 11.7.